The third kappa shape index (κ3) is 2.54. The van der Waals surface area contributed by atoms with Gasteiger partial charge in [-0.2, -0.15) is 22.0 Å². The first kappa shape index (κ1) is 13.6. The van der Waals surface area contributed by atoms with Crippen LogP contribution in [0.25, 0.3) is 0 Å². The van der Waals surface area contributed by atoms with Gasteiger partial charge in [-0.3, -0.25) is 4.57 Å². The first-order valence-corrected chi connectivity index (χ1v) is 5.28. The molecule has 0 rings (SSSR count). The number of hydrogen-bond donors (Lipinski definition) is 1. The Morgan fingerprint density at radius 3 is 2.00 bits per heavy atom. The second-order valence-corrected chi connectivity index (χ2v) is 4.95. The van der Waals surface area contributed by atoms with E-state index < -0.39 is 25.4 Å². The van der Waals surface area contributed by atoms with Gasteiger partial charge in [0.25, 0.3) is 7.37 Å². The van der Waals surface area contributed by atoms with Gasteiger partial charge in [0.15, 0.2) is 0 Å². The molecule has 1 unspecified atom stereocenters. The maximum Gasteiger partial charge on any atom is 0.463 e. The summed E-state index contributed by atoms with van der Waals surface area (Å²) in [6.07, 6.45) is -6.52. The molecule has 0 saturated heterocycles. The van der Waals surface area contributed by atoms with Gasteiger partial charge in [-0.1, -0.05) is 6.08 Å². The molecule has 0 saturated carbocycles. The van der Waals surface area contributed by atoms with Crippen LogP contribution in [0.15, 0.2) is 12.7 Å². The monoisotopic (exact) mass is 238 g/mol. The fourth-order valence-corrected chi connectivity index (χ4v) is 1.81. The van der Waals surface area contributed by atoms with Crippen LogP contribution in [0, 0.1) is 0 Å². The number of hydrogen-bond acceptors (Lipinski definition) is 1. The van der Waals surface area contributed by atoms with Crippen LogP contribution in [-0.4, -0.2) is 22.9 Å². The van der Waals surface area contributed by atoms with Crippen LogP contribution in [0.2, 0.25) is 0 Å². The molecule has 0 aliphatic carbocycles. The molecule has 2 nitrogen and oxygen atoms in total. The summed E-state index contributed by atoms with van der Waals surface area (Å²) in [6, 6.07) is 0. The lowest BCUT2D eigenvalue weighted by Gasteiger charge is -2.24. The molecular weight excluding hydrogens is 230 g/mol. The Balaban J connectivity index is 4.88. The van der Waals surface area contributed by atoms with E-state index >= 15 is 0 Å². The first-order chi connectivity index (χ1) is 6.06. The molecular formula is C6H8F5O2P. The molecule has 0 amide bonds. The quantitative estimate of drug-likeness (QED) is 0.464. The van der Waals surface area contributed by atoms with Crippen LogP contribution >= 0.6 is 7.37 Å². The third-order valence-electron chi connectivity index (χ3n) is 1.42. The van der Waals surface area contributed by atoms with Gasteiger partial charge in [0.2, 0.25) is 0 Å². The Hall–Kier alpha value is -0.420. The summed E-state index contributed by atoms with van der Waals surface area (Å²) in [5.74, 6) is 0. The molecule has 0 heterocycles. The van der Waals surface area contributed by atoms with Crippen molar-refractivity contribution < 1.29 is 31.4 Å². The van der Waals surface area contributed by atoms with Gasteiger partial charge in [0.1, 0.15) is 0 Å². The average molecular weight is 238 g/mol. The van der Waals surface area contributed by atoms with Gasteiger partial charge in [0.05, 0.1) is 0 Å². The summed E-state index contributed by atoms with van der Waals surface area (Å²) in [4.78, 5) is 8.55. The second kappa shape index (κ2) is 3.98. The summed E-state index contributed by atoms with van der Waals surface area (Å²) >= 11 is 0. The molecule has 14 heavy (non-hydrogen) atoms. The highest BCUT2D eigenvalue weighted by molar-refractivity contribution is 7.59. The number of halogens is 5. The van der Waals surface area contributed by atoms with E-state index in [0.29, 0.717) is 0 Å². The van der Waals surface area contributed by atoms with E-state index in [1.54, 1.807) is 0 Å². The van der Waals surface area contributed by atoms with Crippen molar-refractivity contribution in [2.45, 2.75) is 18.3 Å². The summed E-state index contributed by atoms with van der Waals surface area (Å²) in [5.41, 5.74) is -5.55. The Morgan fingerprint density at radius 2 is 1.71 bits per heavy atom. The van der Waals surface area contributed by atoms with Crippen LogP contribution in [-0.2, 0) is 4.57 Å². The summed E-state index contributed by atoms with van der Waals surface area (Å²) in [6.45, 7) is 3.05. The van der Waals surface area contributed by atoms with Crippen molar-refractivity contribution >= 4 is 7.37 Å². The van der Waals surface area contributed by atoms with Crippen LogP contribution in [0.5, 0.6) is 0 Å². The van der Waals surface area contributed by atoms with Crippen molar-refractivity contribution in [1.29, 1.82) is 0 Å². The zero-order chi connectivity index (χ0) is 11.6. The Labute approximate surface area is 76.9 Å². The van der Waals surface area contributed by atoms with Crippen molar-refractivity contribution in [1.82, 2.24) is 0 Å². The van der Waals surface area contributed by atoms with E-state index in [1.165, 1.54) is 0 Å². The van der Waals surface area contributed by atoms with Crippen molar-refractivity contribution in [2.75, 3.05) is 6.16 Å². The lowest BCUT2D eigenvalue weighted by Crippen LogP contribution is -2.36. The molecule has 0 radical (unpaired) electrons. The van der Waals surface area contributed by atoms with E-state index in [2.05, 4.69) is 6.58 Å². The molecule has 1 N–H and O–H groups in total. The lowest BCUT2D eigenvalue weighted by atomic mass is 10.5. The van der Waals surface area contributed by atoms with E-state index in [9.17, 15) is 26.5 Å². The number of allylic oxidation sites excluding steroid dienone is 1. The molecule has 0 aliphatic rings. The van der Waals surface area contributed by atoms with Crippen LogP contribution in [0.4, 0.5) is 22.0 Å². The van der Waals surface area contributed by atoms with Gasteiger partial charge in [0, 0.05) is 6.16 Å². The van der Waals surface area contributed by atoms with E-state index in [1.807, 2.05) is 0 Å². The van der Waals surface area contributed by atoms with E-state index in [0.717, 1.165) is 6.08 Å². The van der Waals surface area contributed by atoms with Crippen molar-refractivity contribution in [2.24, 2.45) is 0 Å². The summed E-state index contributed by atoms with van der Waals surface area (Å²) < 4.78 is 70.3. The van der Waals surface area contributed by atoms with Gasteiger partial charge in [-0.25, -0.2) is 0 Å². The molecule has 0 fully saturated rings. The maximum absolute atomic E-state index is 12.4. The predicted molar refractivity (Wildman–Crippen MR) is 40.5 cm³/mol. The van der Waals surface area contributed by atoms with Crippen LogP contribution in [0.1, 0.15) is 6.42 Å². The zero-order valence-electron chi connectivity index (χ0n) is 6.89. The third-order valence-corrected chi connectivity index (χ3v) is 3.41. The molecule has 0 spiro atoms. The minimum absolute atomic E-state index is 0.376. The first-order valence-electron chi connectivity index (χ1n) is 3.43. The molecule has 0 aromatic rings. The van der Waals surface area contributed by atoms with Crippen LogP contribution < -0.4 is 0 Å². The van der Waals surface area contributed by atoms with Gasteiger partial charge in [-0.05, 0) is 6.42 Å². The SMILES string of the molecule is C=CCCP(=O)(O)C(F)(F)C(F)(F)F. The zero-order valence-corrected chi connectivity index (χ0v) is 7.79. The highest BCUT2D eigenvalue weighted by Gasteiger charge is 2.68. The smallest absolute Gasteiger partial charge is 0.340 e. The molecule has 0 aliphatic heterocycles. The molecule has 0 aromatic heterocycles. The maximum atomic E-state index is 12.4. The molecule has 0 bridgehead atoms. The van der Waals surface area contributed by atoms with Crippen molar-refractivity contribution in [3.63, 3.8) is 0 Å². The Morgan fingerprint density at radius 1 is 1.29 bits per heavy atom. The fourth-order valence-electron chi connectivity index (χ4n) is 0.605. The molecule has 84 valence electrons. The number of rotatable bonds is 4. The Kier molecular flexibility index (Phi) is 3.86. The largest absolute Gasteiger partial charge is 0.463 e. The van der Waals surface area contributed by atoms with Crippen LogP contribution in [0.3, 0.4) is 0 Å². The van der Waals surface area contributed by atoms with Gasteiger partial charge < -0.3 is 4.89 Å². The van der Waals surface area contributed by atoms with Gasteiger partial charge >= 0.3 is 11.8 Å². The minimum Gasteiger partial charge on any atom is -0.340 e. The Bertz CT molecular complexity index is 259. The topological polar surface area (TPSA) is 37.3 Å². The summed E-state index contributed by atoms with van der Waals surface area (Å²) in [7, 11) is -5.56. The highest BCUT2D eigenvalue weighted by atomic mass is 31.2. The predicted octanol–water partition coefficient (Wildman–Crippen LogP) is 2.99. The lowest BCUT2D eigenvalue weighted by molar-refractivity contribution is -0.245. The molecule has 0 aromatic carbocycles. The second-order valence-electron chi connectivity index (χ2n) is 2.54. The summed E-state index contributed by atoms with van der Waals surface area (Å²) in [5, 5.41) is 0. The average Bonchev–Trinajstić information content (AvgIpc) is 1.98. The van der Waals surface area contributed by atoms with Crippen molar-refractivity contribution in [3.05, 3.63) is 12.7 Å². The van der Waals surface area contributed by atoms with E-state index in [-0.39, 0.29) is 6.42 Å². The minimum atomic E-state index is -6.00. The fraction of sp³-hybridized carbons (Fsp3) is 0.667. The molecule has 1 atom stereocenters. The normalized spacial score (nSPS) is 17.6. The standard InChI is InChI=1S/C6H8F5O2P/c1-2-3-4-14(12,13)6(10,11)5(7,8)9/h2H,1,3-4H2,(H,12,13). The van der Waals surface area contributed by atoms with Gasteiger partial charge in [-0.15, -0.1) is 6.58 Å². The van der Waals surface area contributed by atoms with Crippen molar-refractivity contribution in [3.8, 4) is 0 Å². The van der Waals surface area contributed by atoms with E-state index in [4.69, 9.17) is 4.89 Å². The molecule has 8 heteroatoms. The number of alkyl halides is 5. The highest BCUT2D eigenvalue weighted by Crippen LogP contribution is 2.63.